The second-order valence-electron chi connectivity index (χ2n) is 5.92. The molecule has 0 aliphatic rings. The third-order valence-corrected chi connectivity index (χ3v) is 5.78. The molecule has 0 bridgehead atoms. The molecule has 1 aromatic carbocycles. The number of rotatable bonds is 8. The molecule has 1 aromatic rings. The summed E-state index contributed by atoms with van der Waals surface area (Å²) in [6.45, 7) is 5.22. The van der Waals surface area contributed by atoms with E-state index in [-0.39, 0.29) is 27.4 Å². The Hall–Kier alpha value is -1.68. The molecule has 0 heterocycles. The van der Waals surface area contributed by atoms with Crippen LogP contribution in [0.3, 0.4) is 0 Å². The third kappa shape index (κ3) is 5.66. The number of nitrogens with zero attached hydrogens (tertiary/aromatic N) is 1. The second kappa shape index (κ2) is 9.31. The van der Waals surface area contributed by atoms with Gasteiger partial charge in [0, 0.05) is 13.1 Å². The Balaban J connectivity index is 2.90. The lowest BCUT2D eigenvalue weighted by Gasteiger charge is -2.17. The molecule has 10 heteroatoms. The van der Waals surface area contributed by atoms with Crippen LogP contribution in [-0.4, -0.2) is 51.6 Å². The molecule has 0 unspecified atom stereocenters. The quantitative estimate of drug-likeness (QED) is 0.522. The van der Waals surface area contributed by atoms with E-state index in [1.54, 1.807) is 0 Å². The van der Waals surface area contributed by atoms with Crippen molar-refractivity contribution in [1.29, 1.82) is 0 Å². The molecule has 146 valence electrons. The number of nitrogens with one attached hydrogen (secondary N) is 1. The maximum Gasteiger partial charge on any atom is 0.340 e. The smallest absolute Gasteiger partial charge is 0.340 e. The largest absolute Gasteiger partial charge is 0.452 e. The number of hydrogen-bond donors (Lipinski definition) is 1. The molecule has 1 N–H and O–H groups in total. The normalized spacial score (nSPS) is 12.9. The lowest BCUT2D eigenvalue weighted by atomic mass is 10.1. The topological polar surface area (TPSA) is 102 Å². The summed E-state index contributed by atoms with van der Waals surface area (Å²) in [5, 5.41) is 2.70. The molecule has 0 radical (unpaired) electrons. The molecule has 1 atom stereocenters. The number of amides is 1. The molecule has 26 heavy (non-hydrogen) atoms. The van der Waals surface area contributed by atoms with E-state index < -0.39 is 28.5 Å². The van der Waals surface area contributed by atoms with Crippen LogP contribution in [-0.2, 0) is 24.4 Å². The molecule has 0 aliphatic carbocycles. The highest BCUT2D eigenvalue weighted by atomic mass is 35.5. The van der Waals surface area contributed by atoms with Crippen LogP contribution in [0, 0.1) is 5.92 Å². The van der Waals surface area contributed by atoms with E-state index in [9.17, 15) is 18.0 Å². The number of carbonyl (C=O) groups excluding carboxylic acids is 2. The molecule has 1 amide bonds. The highest BCUT2D eigenvalue weighted by Gasteiger charge is 2.24. The average Bonchev–Trinajstić information content (AvgIpc) is 2.58. The molecule has 0 saturated carbocycles. The van der Waals surface area contributed by atoms with Gasteiger partial charge in [-0.3, -0.25) is 9.63 Å². The first kappa shape index (κ1) is 22.4. The molecule has 1 rings (SSSR count). The molecule has 0 aromatic heterocycles. The van der Waals surface area contributed by atoms with Crippen LogP contribution in [0.5, 0.6) is 0 Å². The van der Waals surface area contributed by atoms with Gasteiger partial charge in [-0.25, -0.2) is 13.2 Å². The summed E-state index contributed by atoms with van der Waals surface area (Å²) in [6, 6.07) is 3.49. The summed E-state index contributed by atoms with van der Waals surface area (Å²) in [6.07, 6.45) is 0. The van der Waals surface area contributed by atoms with Crippen molar-refractivity contribution >= 4 is 33.5 Å². The first-order valence-corrected chi connectivity index (χ1v) is 9.61. The summed E-state index contributed by atoms with van der Waals surface area (Å²) >= 11 is 5.95. The Morgan fingerprint density at radius 2 is 1.88 bits per heavy atom. The van der Waals surface area contributed by atoms with Gasteiger partial charge in [-0.2, -0.15) is 0 Å². The summed E-state index contributed by atoms with van der Waals surface area (Å²) in [7, 11) is -1.55. The molecular formula is C16H23ClN2O6S. The Kier molecular flexibility index (Phi) is 8.01. The molecule has 8 nitrogen and oxygen atoms in total. The van der Waals surface area contributed by atoms with Crippen LogP contribution in [0.2, 0.25) is 5.02 Å². The van der Waals surface area contributed by atoms with Crippen LogP contribution in [0.15, 0.2) is 23.1 Å². The number of hydrogen-bond acceptors (Lipinski definition) is 6. The SMILES string of the molecule is CON(C)S(=O)(=O)c1ccc(Cl)c(C(=O)OCC(=O)N[C@H](C)C(C)C)c1. The van der Waals surface area contributed by atoms with Gasteiger partial charge in [0.05, 0.1) is 22.6 Å². The zero-order valence-corrected chi connectivity index (χ0v) is 16.8. The van der Waals surface area contributed by atoms with Gasteiger partial charge in [-0.15, -0.1) is 0 Å². The Morgan fingerprint density at radius 3 is 2.42 bits per heavy atom. The molecule has 0 spiro atoms. The lowest BCUT2D eigenvalue weighted by molar-refractivity contribution is -0.125. The Labute approximate surface area is 158 Å². The van der Waals surface area contributed by atoms with Gasteiger partial charge in [0.15, 0.2) is 6.61 Å². The standard InChI is InChI=1S/C16H23ClN2O6S/c1-10(2)11(3)18-15(20)9-25-16(21)13-8-12(6-7-14(13)17)26(22,23)19(4)24-5/h6-8,10-11H,9H2,1-5H3,(H,18,20)/t11-/m1/s1. The van der Waals surface area contributed by atoms with Crippen LogP contribution in [0.1, 0.15) is 31.1 Å². The van der Waals surface area contributed by atoms with Crippen molar-refractivity contribution in [2.75, 3.05) is 20.8 Å². The summed E-state index contributed by atoms with van der Waals surface area (Å²) < 4.78 is 30.1. The van der Waals surface area contributed by atoms with Crippen LogP contribution >= 0.6 is 11.6 Å². The van der Waals surface area contributed by atoms with Gasteiger partial charge >= 0.3 is 5.97 Å². The van der Waals surface area contributed by atoms with Crippen molar-refractivity contribution in [1.82, 2.24) is 9.79 Å². The number of halogens is 1. The van der Waals surface area contributed by atoms with E-state index in [0.717, 1.165) is 6.07 Å². The van der Waals surface area contributed by atoms with E-state index >= 15 is 0 Å². The maximum absolute atomic E-state index is 12.2. The predicted molar refractivity (Wildman–Crippen MR) is 96.1 cm³/mol. The predicted octanol–water partition coefficient (Wildman–Crippen LogP) is 1.84. The minimum absolute atomic E-state index is 0.00461. The number of sulfonamides is 1. The first-order valence-electron chi connectivity index (χ1n) is 7.79. The Morgan fingerprint density at radius 1 is 1.27 bits per heavy atom. The summed E-state index contributed by atoms with van der Waals surface area (Å²) in [5.74, 6) is -1.14. The summed E-state index contributed by atoms with van der Waals surface area (Å²) in [5.41, 5.74) is -0.165. The van der Waals surface area contributed by atoms with E-state index in [0.29, 0.717) is 4.47 Å². The first-order chi connectivity index (χ1) is 12.0. The maximum atomic E-state index is 12.2. The van der Waals surface area contributed by atoms with E-state index in [2.05, 4.69) is 10.2 Å². The van der Waals surface area contributed by atoms with Crippen molar-refractivity contribution < 1.29 is 27.6 Å². The van der Waals surface area contributed by atoms with E-state index in [1.807, 2.05) is 20.8 Å². The second-order valence-corrected chi connectivity index (χ2v) is 8.26. The summed E-state index contributed by atoms with van der Waals surface area (Å²) in [4.78, 5) is 28.5. The molecule has 0 aliphatic heterocycles. The molecular weight excluding hydrogens is 384 g/mol. The van der Waals surface area contributed by atoms with Crippen molar-refractivity contribution in [2.45, 2.75) is 31.7 Å². The van der Waals surface area contributed by atoms with Gasteiger partial charge in [-0.1, -0.05) is 29.9 Å². The van der Waals surface area contributed by atoms with Gasteiger partial charge in [0.2, 0.25) is 0 Å². The number of esters is 1. The van der Waals surface area contributed by atoms with Crippen LogP contribution in [0.4, 0.5) is 0 Å². The highest BCUT2D eigenvalue weighted by molar-refractivity contribution is 7.89. The third-order valence-electron chi connectivity index (χ3n) is 3.77. The lowest BCUT2D eigenvalue weighted by Crippen LogP contribution is -2.38. The van der Waals surface area contributed by atoms with Crippen molar-refractivity contribution in [3.8, 4) is 0 Å². The minimum Gasteiger partial charge on any atom is -0.452 e. The molecule has 0 fully saturated rings. The fourth-order valence-corrected chi connectivity index (χ4v) is 2.93. The molecule has 0 saturated heterocycles. The fraction of sp³-hybridized carbons (Fsp3) is 0.500. The zero-order chi connectivity index (χ0) is 20.1. The van der Waals surface area contributed by atoms with Crippen molar-refractivity contribution in [3.63, 3.8) is 0 Å². The number of ether oxygens (including phenoxy) is 1. The van der Waals surface area contributed by atoms with Gasteiger partial charge in [-0.05, 0) is 31.0 Å². The number of hydroxylamine groups is 1. The fourth-order valence-electron chi connectivity index (χ4n) is 1.74. The zero-order valence-electron chi connectivity index (χ0n) is 15.3. The van der Waals surface area contributed by atoms with Crippen LogP contribution in [0.25, 0.3) is 0 Å². The van der Waals surface area contributed by atoms with E-state index in [1.165, 1.54) is 26.3 Å². The van der Waals surface area contributed by atoms with Gasteiger partial charge < -0.3 is 10.1 Å². The number of benzene rings is 1. The van der Waals surface area contributed by atoms with E-state index in [4.69, 9.17) is 16.3 Å². The van der Waals surface area contributed by atoms with Gasteiger partial charge in [0.1, 0.15) is 0 Å². The van der Waals surface area contributed by atoms with Crippen LogP contribution < -0.4 is 5.32 Å². The minimum atomic E-state index is -3.95. The monoisotopic (exact) mass is 406 g/mol. The average molecular weight is 407 g/mol. The van der Waals surface area contributed by atoms with Crippen molar-refractivity contribution in [2.24, 2.45) is 5.92 Å². The number of carbonyl (C=O) groups is 2. The van der Waals surface area contributed by atoms with Crippen molar-refractivity contribution in [3.05, 3.63) is 28.8 Å². The highest BCUT2D eigenvalue weighted by Crippen LogP contribution is 2.23. The van der Waals surface area contributed by atoms with Gasteiger partial charge in [0.25, 0.3) is 15.9 Å². The Bertz CT molecular complexity index is 766.